The third-order valence-electron chi connectivity index (χ3n) is 1.22. The predicted molar refractivity (Wildman–Crippen MR) is 57.6 cm³/mol. The number of hydrogen-bond acceptors (Lipinski definition) is 1. The fourth-order valence-electron chi connectivity index (χ4n) is 0.737. The van der Waals surface area contributed by atoms with Crippen LogP contribution < -0.4 is 4.74 Å². The summed E-state index contributed by atoms with van der Waals surface area (Å²) in [6.07, 6.45) is 1.06. The van der Waals surface area contributed by atoms with E-state index in [0.29, 0.717) is 0 Å². The van der Waals surface area contributed by atoms with Crippen LogP contribution in [0.1, 0.15) is 13.3 Å². The van der Waals surface area contributed by atoms with Crippen molar-refractivity contribution in [3.05, 3.63) is 30.3 Å². The summed E-state index contributed by atoms with van der Waals surface area (Å²) in [7, 11) is 0. The van der Waals surface area contributed by atoms with Crippen LogP contribution in [0.3, 0.4) is 0 Å². The van der Waals surface area contributed by atoms with E-state index < -0.39 is 0 Å². The van der Waals surface area contributed by atoms with Crippen molar-refractivity contribution in [2.45, 2.75) is 13.3 Å². The maximum Gasteiger partial charge on any atom is 0.119 e. The molecule has 0 aliphatic rings. The molecular formula is C9H13IO. The molecule has 0 heterocycles. The molecule has 0 unspecified atom stereocenters. The number of halogens is 1. The standard InChI is InChI=1S/C9H12O.HI/c1-2-8-10-9-6-4-3-5-7-9;/h3-7H,2,8H2,1H3;1H. The lowest BCUT2D eigenvalue weighted by Crippen LogP contribution is -1.93. The molecule has 11 heavy (non-hydrogen) atoms. The van der Waals surface area contributed by atoms with Crippen LogP contribution in [0.25, 0.3) is 0 Å². The maximum atomic E-state index is 5.36. The Hall–Kier alpha value is -0.250. The molecule has 0 aliphatic carbocycles. The summed E-state index contributed by atoms with van der Waals surface area (Å²) in [4.78, 5) is 0. The minimum atomic E-state index is 0. The molecule has 0 aliphatic heterocycles. The molecule has 0 fully saturated rings. The van der Waals surface area contributed by atoms with Crippen molar-refractivity contribution in [3.8, 4) is 5.75 Å². The van der Waals surface area contributed by atoms with Crippen molar-refractivity contribution in [2.24, 2.45) is 0 Å². The highest BCUT2D eigenvalue weighted by molar-refractivity contribution is 14.0. The van der Waals surface area contributed by atoms with Crippen LogP contribution in [0.5, 0.6) is 5.75 Å². The molecule has 1 aromatic rings. The Labute approximate surface area is 84.8 Å². The molecule has 62 valence electrons. The Kier molecular flexibility index (Phi) is 6.31. The summed E-state index contributed by atoms with van der Waals surface area (Å²) in [5, 5.41) is 0. The fraction of sp³-hybridized carbons (Fsp3) is 0.333. The quantitative estimate of drug-likeness (QED) is 0.762. The molecule has 0 atom stereocenters. The van der Waals surface area contributed by atoms with E-state index in [9.17, 15) is 0 Å². The topological polar surface area (TPSA) is 9.23 Å². The van der Waals surface area contributed by atoms with Crippen molar-refractivity contribution in [1.29, 1.82) is 0 Å². The highest BCUT2D eigenvalue weighted by Crippen LogP contribution is 2.07. The lowest BCUT2D eigenvalue weighted by Gasteiger charge is -2.01. The smallest absolute Gasteiger partial charge is 0.119 e. The first kappa shape index (κ1) is 10.8. The SMILES string of the molecule is CCCOc1ccccc1.I. The highest BCUT2D eigenvalue weighted by atomic mass is 127. The van der Waals surface area contributed by atoms with E-state index in [2.05, 4.69) is 6.92 Å². The van der Waals surface area contributed by atoms with Gasteiger partial charge in [0, 0.05) is 0 Å². The Morgan fingerprint density at radius 1 is 1.18 bits per heavy atom. The van der Waals surface area contributed by atoms with Gasteiger partial charge in [-0.15, -0.1) is 24.0 Å². The van der Waals surface area contributed by atoms with Crippen molar-refractivity contribution >= 4 is 24.0 Å². The van der Waals surface area contributed by atoms with Crippen LogP contribution in [0.4, 0.5) is 0 Å². The van der Waals surface area contributed by atoms with Gasteiger partial charge in [0.1, 0.15) is 5.75 Å². The summed E-state index contributed by atoms with van der Waals surface area (Å²) in [6, 6.07) is 9.88. The van der Waals surface area contributed by atoms with Gasteiger partial charge in [-0.25, -0.2) is 0 Å². The van der Waals surface area contributed by atoms with E-state index in [-0.39, 0.29) is 24.0 Å². The second kappa shape index (κ2) is 6.46. The van der Waals surface area contributed by atoms with Crippen molar-refractivity contribution < 1.29 is 4.74 Å². The fourth-order valence-corrected chi connectivity index (χ4v) is 0.737. The van der Waals surface area contributed by atoms with E-state index in [1.54, 1.807) is 0 Å². The maximum absolute atomic E-state index is 5.36. The molecule has 0 bridgehead atoms. The van der Waals surface area contributed by atoms with E-state index >= 15 is 0 Å². The number of benzene rings is 1. The molecule has 0 saturated carbocycles. The minimum Gasteiger partial charge on any atom is -0.494 e. The number of rotatable bonds is 3. The normalized spacial score (nSPS) is 8.45. The van der Waals surface area contributed by atoms with Crippen LogP contribution in [-0.2, 0) is 0 Å². The second-order valence-electron chi connectivity index (χ2n) is 2.16. The first-order chi connectivity index (χ1) is 4.93. The first-order valence-corrected chi connectivity index (χ1v) is 3.61. The molecule has 2 heteroatoms. The molecule has 0 N–H and O–H groups in total. The predicted octanol–water partition coefficient (Wildman–Crippen LogP) is 3.09. The van der Waals surface area contributed by atoms with Crippen LogP contribution in [-0.4, -0.2) is 6.61 Å². The lowest BCUT2D eigenvalue weighted by atomic mass is 10.3. The molecule has 0 amide bonds. The van der Waals surface area contributed by atoms with E-state index in [1.165, 1.54) is 0 Å². The van der Waals surface area contributed by atoms with Crippen LogP contribution in [0.15, 0.2) is 30.3 Å². The van der Waals surface area contributed by atoms with Gasteiger partial charge in [-0.1, -0.05) is 25.1 Å². The Morgan fingerprint density at radius 2 is 1.82 bits per heavy atom. The van der Waals surface area contributed by atoms with E-state index in [4.69, 9.17) is 4.74 Å². The number of ether oxygens (including phenoxy) is 1. The Balaban J connectivity index is 0.000001000. The largest absolute Gasteiger partial charge is 0.494 e. The molecule has 0 saturated heterocycles. The van der Waals surface area contributed by atoms with Gasteiger partial charge in [-0.2, -0.15) is 0 Å². The number of hydrogen-bond donors (Lipinski definition) is 0. The second-order valence-corrected chi connectivity index (χ2v) is 2.16. The van der Waals surface area contributed by atoms with Gasteiger partial charge in [-0.05, 0) is 18.6 Å². The Morgan fingerprint density at radius 3 is 2.36 bits per heavy atom. The van der Waals surface area contributed by atoms with Gasteiger partial charge < -0.3 is 4.74 Å². The third-order valence-corrected chi connectivity index (χ3v) is 1.22. The van der Waals surface area contributed by atoms with Gasteiger partial charge in [0.05, 0.1) is 6.61 Å². The summed E-state index contributed by atoms with van der Waals surface area (Å²) in [6.45, 7) is 2.91. The monoisotopic (exact) mass is 264 g/mol. The summed E-state index contributed by atoms with van der Waals surface area (Å²) in [5.74, 6) is 0.962. The summed E-state index contributed by atoms with van der Waals surface area (Å²) < 4.78 is 5.36. The van der Waals surface area contributed by atoms with E-state index in [1.807, 2.05) is 30.3 Å². The molecule has 1 aromatic carbocycles. The molecule has 0 radical (unpaired) electrons. The van der Waals surface area contributed by atoms with Crippen LogP contribution in [0.2, 0.25) is 0 Å². The van der Waals surface area contributed by atoms with Crippen LogP contribution in [0, 0.1) is 0 Å². The Bertz CT molecular complexity index is 174. The van der Waals surface area contributed by atoms with Crippen molar-refractivity contribution in [1.82, 2.24) is 0 Å². The van der Waals surface area contributed by atoms with Gasteiger partial charge in [0.25, 0.3) is 0 Å². The molecule has 1 nitrogen and oxygen atoms in total. The van der Waals surface area contributed by atoms with Gasteiger partial charge in [0.15, 0.2) is 0 Å². The third kappa shape index (κ3) is 4.24. The van der Waals surface area contributed by atoms with Gasteiger partial charge >= 0.3 is 0 Å². The summed E-state index contributed by atoms with van der Waals surface area (Å²) in [5.41, 5.74) is 0. The molecular weight excluding hydrogens is 251 g/mol. The van der Waals surface area contributed by atoms with Crippen molar-refractivity contribution in [2.75, 3.05) is 6.61 Å². The zero-order valence-corrected chi connectivity index (χ0v) is 8.95. The summed E-state index contributed by atoms with van der Waals surface area (Å²) >= 11 is 0. The van der Waals surface area contributed by atoms with Crippen molar-refractivity contribution in [3.63, 3.8) is 0 Å². The average molecular weight is 264 g/mol. The molecule has 0 spiro atoms. The van der Waals surface area contributed by atoms with Gasteiger partial charge in [0.2, 0.25) is 0 Å². The molecule has 1 rings (SSSR count). The molecule has 0 aromatic heterocycles. The zero-order chi connectivity index (χ0) is 7.23. The van der Waals surface area contributed by atoms with Crippen LogP contribution >= 0.6 is 24.0 Å². The van der Waals surface area contributed by atoms with Gasteiger partial charge in [-0.3, -0.25) is 0 Å². The highest BCUT2D eigenvalue weighted by Gasteiger charge is 1.86. The minimum absolute atomic E-state index is 0. The number of para-hydroxylation sites is 1. The van der Waals surface area contributed by atoms with E-state index in [0.717, 1.165) is 18.8 Å². The zero-order valence-electron chi connectivity index (χ0n) is 6.62. The average Bonchev–Trinajstić information content (AvgIpc) is 2.03. The first-order valence-electron chi connectivity index (χ1n) is 3.61. The lowest BCUT2D eigenvalue weighted by molar-refractivity contribution is 0.317.